The first kappa shape index (κ1) is 22.5. The molecule has 0 fully saturated rings. The van der Waals surface area contributed by atoms with Crippen molar-refractivity contribution in [3.05, 3.63) is 64.1 Å². The van der Waals surface area contributed by atoms with E-state index in [1.807, 2.05) is 12.1 Å². The van der Waals surface area contributed by atoms with E-state index < -0.39 is 12.1 Å². The van der Waals surface area contributed by atoms with E-state index in [0.717, 1.165) is 27.8 Å². The predicted molar refractivity (Wildman–Crippen MR) is 107 cm³/mol. The number of H-pyrrole nitrogens is 1. The van der Waals surface area contributed by atoms with Crippen LogP contribution in [0.25, 0.3) is 22.5 Å². The Bertz CT molecular complexity index is 1140. The second-order valence-electron chi connectivity index (χ2n) is 6.39. The fraction of sp³-hybridized carbons (Fsp3) is 0.150. The number of carbonyl (C=O) groups is 2. The summed E-state index contributed by atoms with van der Waals surface area (Å²) in [4.78, 5) is 28.5. The molecule has 6 nitrogen and oxygen atoms in total. The molecule has 3 heterocycles. The molecule has 3 aromatic rings. The van der Waals surface area contributed by atoms with Gasteiger partial charge in [0.1, 0.15) is 5.82 Å². The van der Waals surface area contributed by atoms with Crippen molar-refractivity contribution >= 4 is 27.8 Å². The number of benzene rings is 1. The van der Waals surface area contributed by atoms with E-state index in [4.69, 9.17) is 9.90 Å². The molecule has 0 atom stereocenters. The minimum absolute atomic E-state index is 0.0889. The lowest BCUT2D eigenvalue weighted by atomic mass is 10.1. The molecule has 31 heavy (non-hydrogen) atoms. The molecule has 11 heteroatoms. The second-order valence-corrected chi connectivity index (χ2v) is 7.18. The van der Waals surface area contributed by atoms with E-state index >= 15 is 0 Å². The summed E-state index contributed by atoms with van der Waals surface area (Å²) >= 11 is 3.52. The molecule has 2 aromatic heterocycles. The molecule has 1 aromatic carbocycles. The average molecular weight is 500 g/mol. The van der Waals surface area contributed by atoms with E-state index in [0.29, 0.717) is 23.4 Å². The molecule has 0 spiro atoms. The third-order valence-electron chi connectivity index (χ3n) is 4.35. The number of carbonyl (C=O) groups excluding carboxylic acids is 1. The van der Waals surface area contributed by atoms with Crippen LogP contribution in [-0.2, 0) is 11.2 Å². The monoisotopic (exact) mass is 499 g/mol. The lowest BCUT2D eigenvalue weighted by Crippen LogP contribution is -2.31. The number of aliphatic carboxylic acids is 1. The third kappa shape index (κ3) is 4.93. The summed E-state index contributed by atoms with van der Waals surface area (Å²) in [6, 6.07) is 10.2. The van der Waals surface area contributed by atoms with Crippen LogP contribution in [0.3, 0.4) is 0 Å². The van der Waals surface area contributed by atoms with Crippen molar-refractivity contribution in [3.63, 3.8) is 0 Å². The number of nitrogens with one attached hydrogen (secondary N) is 2. The smallest absolute Gasteiger partial charge is 0.475 e. The second kappa shape index (κ2) is 8.88. The standard InChI is InChI=1S/C18H13BrFN3O.C2HF3O2/c19-16-15-13(6-8-22-18(15)24)23-17(16)10-5-7-21-14(9-10)11-3-1-2-4-12(11)20;3-2(4,5)1(6)7/h1-5,7,9,23H,6,8H2,(H,22,24);(H,6,7). The zero-order valence-corrected chi connectivity index (χ0v) is 17.1. The third-order valence-corrected chi connectivity index (χ3v) is 5.14. The number of nitrogens with zero attached hydrogens (tertiary/aromatic N) is 1. The minimum Gasteiger partial charge on any atom is -0.475 e. The van der Waals surface area contributed by atoms with Crippen molar-refractivity contribution in [1.82, 2.24) is 15.3 Å². The zero-order chi connectivity index (χ0) is 22.8. The normalized spacial score (nSPS) is 13.0. The van der Waals surface area contributed by atoms with Crippen LogP contribution in [0, 0.1) is 5.82 Å². The molecule has 0 saturated heterocycles. The summed E-state index contributed by atoms with van der Waals surface area (Å²) in [7, 11) is 0. The Morgan fingerprint density at radius 3 is 2.48 bits per heavy atom. The molecule has 0 aliphatic carbocycles. The van der Waals surface area contributed by atoms with Crippen molar-refractivity contribution in [2.24, 2.45) is 0 Å². The summed E-state index contributed by atoms with van der Waals surface area (Å²) in [6.07, 6.45) is -2.69. The lowest BCUT2D eigenvalue weighted by molar-refractivity contribution is -0.192. The maximum absolute atomic E-state index is 14.0. The molecular weight excluding hydrogens is 486 g/mol. The molecule has 0 saturated carbocycles. The summed E-state index contributed by atoms with van der Waals surface area (Å²) in [6.45, 7) is 0.620. The number of fused-ring (bicyclic) bond motifs is 1. The number of carboxylic acids is 1. The fourth-order valence-electron chi connectivity index (χ4n) is 2.94. The van der Waals surface area contributed by atoms with E-state index in [1.165, 1.54) is 6.07 Å². The number of halogens is 5. The molecule has 4 rings (SSSR count). The van der Waals surface area contributed by atoms with Gasteiger partial charge in [-0.05, 0) is 40.2 Å². The maximum atomic E-state index is 14.0. The molecular formula is C20H14BrF4N3O3. The van der Waals surface area contributed by atoms with E-state index in [9.17, 15) is 22.4 Å². The highest BCUT2D eigenvalue weighted by Gasteiger charge is 2.38. The fourth-order valence-corrected chi connectivity index (χ4v) is 3.69. The van der Waals surface area contributed by atoms with Crippen LogP contribution in [-0.4, -0.2) is 39.7 Å². The summed E-state index contributed by atoms with van der Waals surface area (Å²) < 4.78 is 46.5. The highest BCUT2D eigenvalue weighted by molar-refractivity contribution is 9.10. The number of aromatic amines is 1. The van der Waals surface area contributed by atoms with Crippen LogP contribution in [0.15, 0.2) is 47.1 Å². The van der Waals surface area contributed by atoms with Gasteiger partial charge in [-0.25, -0.2) is 9.18 Å². The van der Waals surface area contributed by atoms with Gasteiger partial charge in [-0.2, -0.15) is 13.2 Å². The Morgan fingerprint density at radius 1 is 1.19 bits per heavy atom. The van der Waals surface area contributed by atoms with Gasteiger partial charge in [-0.1, -0.05) is 12.1 Å². The summed E-state index contributed by atoms with van der Waals surface area (Å²) in [5, 5.41) is 9.96. The molecule has 1 amide bonds. The highest BCUT2D eigenvalue weighted by Crippen LogP contribution is 2.35. The molecule has 0 radical (unpaired) electrons. The largest absolute Gasteiger partial charge is 0.490 e. The number of pyridine rings is 1. The Kier molecular flexibility index (Phi) is 6.44. The van der Waals surface area contributed by atoms with Gasteiger partial charge in [0.05, 0.1) is 21.4 Å². The van der Waals surface area contributed by atoms with Crippen LogP contribution in [0.1, 0.15) is 16.1 Å². The molecule has 162 valence electrons. The van der Waals surface area contributed by atoms with Gasteiger partial charge in [-0.3, -0.25) is 9.78 Å². The van der Waals surface area contributed by atoms with Crippen molar-refractivity contribution < 1.29 is 32.3 Å². The number of rotatable bonds is 2. The Morgan fingerprint density at radius 2 is 1.87 bits per heavy atom. The number of hydrogen-bond donors (Lipinski definition) is 3. The van der Waals surface area contributed by atoms with Crippen LogP contribution >= 0.6 is 15.9 Å². The zero-order valence-electron chi connectivity index (χ0n) is 15.6. The van der Waals surface area contributed by atoms with Crippen LogP contribution in [0.5, 0.6) is 0 Å². The van der Waals surface area contributed by atoms with Gasteiger partial charge in [0.25, 0.3) is 5.91 Å². The Labute approximate surface area is 181 Å². The minimum atomic E-state index is -5.08. The first-order valence-electron chi connectivity index (χ1n) is 8.79. The summed E-state index contributed by atoms with van der Waals surface area (Å²) in [5.41, 5.74) is 4.19. The van der Waals surface area contributed by atoms with E-state index in [1.54, 1.807) is 24.4 Å². The van der Waals surface area contributed by atoms with Gasteiger partial charge in [0.2, 0.25) is 0 Å². The van der Waals surface area contributed by atoms with Gasteiger partial charge >= 0.3 is 12.1 Å². The van der Waals surface area contributed by atoms with Crippen molar-refractivity contribution in [2.75, 3.05) is 6.54 Å². The Hall–Kier alpha value is -3.21. The number of alkyl halides is 3. The van der Waals surface area contributed by atoms with Gasteiger partial charge in [0.15, 0.2) is 0 Å². The number of hydrogen-bond acceptors (Lipinski definition) is 3. The van der Waals surface area contributed by atoms with Crippen molar-refractivity contribution in [3.8, 4) is 22.5 Å². The van der Waals surface area contributed by atoms with Crippen molar-refractivity contribution in [2.45, 2.75) is 12.6 Å². The molecule has 3 N–H and O–H groups in total. The first-order valence-corrected chi connectivity index (χ1v) is 9.59. The lowest BCUT2D eigenvalue weighted by Gasteiger charge is -2.11. The Balaban J connectivity index is 0.000000339. The number of carboxylic acid groups (broad SMARTS) is 1. The quantitative estimate of drug-likeness (QED) is 0.450. The van der Waals surface area contributed by atoms with E-state index in [-0.39, 0.29) is 11.7 Å². The van der Waals surface area contributed by atoms with Crippen molar-refractivity contribution in [1.29, 1.82) is 0 Å². The molecule has 0 unspecified atom stereocenters. The average Bonchev–Trinajstić information content (AvgIpc) is 3.06. The van der Waals surface area contributed by atoms with Gasteiger partial charge < -0.3 is 15.4 Å². The van der Waals surface area contributed by atoms with Gasteiger partial charge in [-0.15, -0.1) is 0 Å². The maximum Gasteiger partial charge on any atom is 0.490 e. The van der Waals surface area contributed by atoms with Crippen LogP contribution < -0.4 is 5.32 Å². The van der Waals surface area contributed by atoms with Crippen LogP contribution in [0.4, 0.5) is 17.6 Å². The van der Waals surface area contributed by atoms with Gasteiger partial charge in [0, 0.05) is 36.0 Å². The predicted octanol–water partition coefficient (Wildman–Crippen LogP) is 4.56. The SMILES string of the molecule is O=C(O)C(F)(F)F.O=C1NCCc2[nH]c(-c3ccnc(-c4ccccc4F)c3)c(Br)c21. The topological polar surface area (TPSA) is 95.1 Å². The molecule has 1 aliphatic rings. The molecule has 1 aliphatic heterocycles. The van der Waals surface area contributed by atoms with Crippen LogP contribution in [0.2, 0.25) is 0 Å². The number of aromatic nitrogens is 2. The molecule has 0 bridgehead atoms. The summed E-state index contributed by atoms with van der Waals surface area (Å²) in [5.74, 6) is -3.16. The first-order chi connectivity index (χ1) is 14.6. The number of amides is 1. The highest BCUT2D eigenvalue weighted by atomic mass is 79.9. The van der Waals surface area contributed by atoms with E-state index in [2.05, 4.69) is 31.2 Å².